The third kappa shape index (κ3) is 3.01. The summed E-state index contributed by atoms with van der Waals surface area (Å²) >= 11 is 3.11. The van der Waals surface area contributed by atoms with Crippen molar-refractivity contribution in [2.24, 2.45) is 0 Å². The number of rotatable bonds is 3. The van der Waals surface area contributed by atoms with Gasteiger partial charge in [-0.2, -0.15) is 0 Å². The van der Waals surface area contributed by atoms with E-state index in [2.05, 4.69) is 28.2 Å². The normalized spacial score (nSPS) is 20.2. The first-order valence-electron chi connectivity index (χ1n) is 6.24. The molecule has 100 valence electrons. The Morgan fingerprint density at radius 3 is 2.89 bits per heavy atom. The second kappa shape index (κ2) is 5.97. The van der Waals surface area contributed by atoms with Gasteiger partial charge in [-0.15, -0.1) is 0 Å². The summed E-state index contributed by atoms with van der Waals surface area (Å²) in [7, 11) is 0. The van der Waals surface area contributed by atoms with Gasteiger partial charge < -0.3 is 10.2 Å². The van der Waals surface area contributed by atoms with Crippen LogP contribution in [0.2, 0.25) is 0 Å². The van der Waals surface area contributed by atoms with Gasteiger partial charge in [-0.05, 0) is 28.4 Å². The van der Waals surface area contributed by atoms with E-state index in [1.165, 1.54) is 6.07 Å². The molecule has 18 heavy (non-hydrogen) atoms. The van der Waals surface area contributed by atoms with Crippen molar-refractivity contribution in [3.63, 3.8) is 0 Å². The smallest absolute Gasteiger partial charge is 0.149 e. The first kappa shape index (κ1) is 13.7. The first-order valence-corrected chi connectivity index (χ1v) is 7.04. The molecule has 2 rings (SSSR count). The zero-order chi connectivity index (χ0) is 13.1. The van der Waals surface area contributed by atoms with Crippen molar-refractivity contribution in [2.45, 2.75) is 25.8 Å². The van der Waals surface area contributed by atoms with Crippen LogP contribution in [0.15, 0.2) is 16.6 Å². The van der Waals surface area contributed by atoms with Gasteiger partial charge in [-0.3, -0.25) is 0 Å². The van der Waals surface area contributed by atoms with Gasteiger partial charge in [-0.1, -0.05) is 13.3 Å². The summed E-state index contributed by atoms with van der Waals surface area (Å²) in [4.78, 5) is 1.98. The monoisotopic (exact) mass is 318 g/mol. The third-order valence-corrected chi connectivity index (χ3v) is 3.83. The van der Waals surface area contributed by atoms with Crippen molar-refractivity contribution in [3.05, 3.63) is 28.2 Å². The average molecular weight is 319 g/mol. The van der Waals surface area contributed by atoms with Crippen molar-refractivity contribution in [1.29, 1.82) is 0 Å². The predicted molar refractivity (Wildman–Crippen MR) is 73.0 cm³/mol. The van der Waals surface area contributed by atoms with E-state index in [0.717, 1.165) is 38.5 Å². The van der Waals surface area contributed by atoms with E-state index in [1.54, 1.807) is 0 Å². The molecular formula is C13H17BrF2N2. The van der Waals surface area contributed by atoms with Gasteiger partial charge in [0.05, 0.1) is 10.2 Å². The SMILES string of the molecule is CCCC1CN(c2cc(Br)c(F)cc2F)CCN1. The number of halogens is 3. The second-order valence-electron chi connectivity index (χ2n) is 4.60. The van der Waals surface area contributed by atoms with Crippen LogP contribution in [0.5, 0.6) is 0 Å². The molecule has 1 saturated heterocycles. The highest BCUT2D eigenvalue weighted by molar-refractivity contribution is 9.10. The van der Waals surface area contributed by atoms with Crippen LogP contribution in [0, 0.1) is 11.6 Å². The number of anilines is 1. The molecule has 1 fully saturated rings. The maximum atomic E-state index is 13.8. The van der Waals surface area contributed by atoms with Crippen molar-refractivity contribution in [1.82, 2.24) is 5.32 Å². The van der Waals surface area contributed by atoms with Crippen LogP contribution in [0.1, 0.15) is 19.8 Å². The highest BCUT2D eigenvalue weighted by Gasteiger charge is 2.22. The molecule has 1 aliphatic rings. The minimum absolute atomic E-state index is 0.310. The fraction of sp³-hybridized carbons (Fsp3) is 0.538. The van der Waals surface area contributed by atoms with Gasteiger partial charge in [0.15, 0.2) is 0 Å². The van der Waals surface area contributed by atoms with Gasteiger partial charge in [0.25, 0.3) is 0 Å². The van der Waals surface area contributed by atoms with E-state index in [1.807, 2.05) is 4.90 Å². The van der Waals surface area contributed by atoms with Gasteiger partial charge in [0.2, 0.25) is 0 Å². The van der Waals surface area contributed by atoms with E-state index in [4.69, 9.17) is 0 Å². The molecule has 1 N–H and O–H groups in total. The first-order chi connectivity index (χ1) is 8.61. The molecule has 0 saturated carbocycles. The maximum Gasteiger partial charge on any atom is 0.149 e. The molecule has 0 bridgehead atoms. The van der Waals surface area contributed by atoms with Crippen LogP contribution < -0.4 is 10.2 Å². The molecule has 1 aromatic carbocycles. The Morgan fingerprint density at radius 2 is 2.17 bits per heavy atom. The molecule has 1 unspecified atom stereocenters. The molecule has 0 amide bonds. The lowest BCUT2D eigenvalue weighted by atomic mass is 10.1. The average Bonchev–Trinajstić information content (AvgIpc) is 2.34. The summed E-state index contributed by atoms with van der Waals surface area (Å²) in [6.45, 7) is 4.48. The number of hydrogen-bond acceptors (Lipinski definition) is 2. The Hall–Kier alpha value is -0.680. The highest BCUT2D eigenvalue weighted by atomic mass is 79.9. The Balaban J connectivity index is 2.18. The fourth-order valence-electron chi connectivity index (χ4n) is 2.34. The maximum absolute atomic E-state index is 13.8. The fourth-order valence-corrected chi connectivity index (χ4v) is 2.67. The van der Waals surface area contributed by atoms with E-state index in [-0.39, 0.29) is 0 Å². The van der Waals surface area contributed by atoms with Gasteiger partial charge >= 0.3 is 0 Å². The van der Waals surface area contributed by atoms with Gasteiger partial charge in [0.1, 0.15) is 11.6 Å². The number of benzene rings is 1. The number of nitrogens with one attached hydrogen (secondary N) is 1. The Kier molecular flexibility index (Phi) is 4.56. The molecule has 0 aromatic heterocycles. The van der Waals surface area contributed by atoms with Gasteiger partial charge in [-0.25, -0.2) is 8.78 Å². The van der Waals surface area contributed by atoms with Crippen molar-refractivity contribution >= 4 is 21.6 Å². The number of hydrogen-bond donors (Lipinski definition) is 1. The quantitative estimate of drug-likeness (QED) is 0.860. The van der Waals surface area contributed by atoms with Gasteiger partial charge in [0, 0.05) is 31.7 Å². The van der Waals surface area contributed by atoms with Crippen LogP contribution in [0.3, 0.4) is 0 Å². The minimum atomic E-state index is -0.559. The lowest BCUT2D eigenvalue weighted by molar-refractivity contribution is 0.427. The topological polar surface area (TPSA) is 15.3 Å². The van der Waals surface area contributed by atoms with Crippen LogP contribution in [0.4, 0.5) is 14.5 Å². The number of nitrogens with zero attached hydrogens (tertiary/aromatic N) is 1. The molecule has 1 heterocycles. The van der Waals surface area contributed by atoms with E-state index >= 15 is 0 Å². The lowest BCUT2D eigenvalue weighted by Gasteiger charge is -2.35. The molecule has 1 aromatic rings. The molecule has 1 aliphatic heterocycles. The summed E-state index contributed by atoms with van der Waals surface area (Å²) in [5.41, 5.74) is 0.478. The summed E-state index contributed by atoms with van der Waals surface area (Å²) in [6, 6.07) is 2.85. The Labute approximate surface area is 114 Å². The van der Waals surface area contributed by atoms with Crippen molar-refractivity contribution < 1.29 is 8.78 Å². The van der Waals surface area contributed by atoms with Crippen LogP contribution in [-0.2, 0) is 0 Å². The van der Waals surface area contributed by atoms with Crippen molar-refractivity contribution in [3.8, 4) is 0 Å². The van der Waals surface area contributed by atoms with E-state index < -0.39 is 11.6 Å². The van der Waals surface area contributed by atoms with E-state index in [0.29, 0.717) is 16.2 Å². The van der Waals surface area contributed by atoms with Crippen LogP contribution in [-0.4, -0.2) is 25.7 Å². The molecule has 0 radical (unpaired) electrons. The second-order valence-corrected chi connectivity index (χ2v) is 5.46. The molecule has 5 heteroatoms. The summed E-state index contributed by atoms with van der Waals surface area (Å²) in [5.74, 6) is -1.05. The third-order valence-electron chi connectivity index (χ3n) is 3.22. The Morgan fingerprint density at radius 1 is 1.39 bits per heavy atom. The predicted octanol–water partition coefficient (Wildman–Crippen LogP) is 3.31. The van der Waals surface area contributed by atoms with Crippen LogP contribution >= 0.6 is 15.9 Å². The molecule has 0 spiro atoms. The molecule has 1 atom stereocenters. The van der Waals surface area contributed by atoms with E-state index in [9.17, 15) is 8.78 Å². The summed E-state index contributed by atoms with van der Waals surface area (Å²) in [5, 5.41) is 3.42. The lowest BCUT2D eigenvalue weighted by Crippen LogP contribution is -2.50. The van der Waals surface area contributed by atoms with Crippen molar-refractivity contribution in [2.75, 3.05) is 24.5 Å². The molecule has 0 aliphatic carbocycles. The molecular weight excluding hydrogens is 302 g/mol. The minimum Gasteiger partial charge on any atom is -0.366 e. The highest BCUT2D eigenvalue weighted by Crippen LogP contribution is 2.27. The zero-order valence-electron chi connectivity index (χ0n) is 10.3. The summed E-state index contributed by atoms with van der Waals surface area (Å²) in [6.07, 6.45) is 2.17. The largest absolute Gasteiger partial charge is 0.366 e. The molecule has 2 nitrogen and oxygen atoms in total. The summed E-state index contributed by atoms with van der Waals surface area (Å²) < 4.78 is 27.3. The standard InChI is InChI=1S/C13H17BrF2N2/c1-2-3-9-8-18(5-4-17-9)13-6-10(14)11(15)7-12(13)16/h6-7,9,17H,2-5,8H2,1H3. The number of piperazine rings is 1. The Bertz CT molecular complexity index is 424. The van der Waals surface area contributed by atoms with Crippen LogP contribution in [0.25, 0.3) is 0 Å². The zero-order valence-corrected chi connectivity index (χ0v) is 11.9.